The third-order valence-electron chi connectivity index (χ3n) is 5.77. The lowest BCUT2D eigenvalue weighted by Gasteiger charge is -2.47. The van der Waals surface area contributed by atoms with Crippen LogP contribution in [0.1, 0.15) is 65.2 Å². The lowest BCUT2D eigenvalue weighted by Crippen LogP contribution is -2.54. The SMILES string of the molecule is CCCNC1CC2CCC(C1)N2C(C)C1CCC1. The van der Waals surface area contributed by atoms with Crippen LogP contribution in [0.2, 0.25) is 0 Å². The highest BCUT2D eigenvalue weighted by atomic mass is 15.3. The molecule has 3 atom stereocenters. The van der Waals surface area contributed by atoms with Gasteiger partial charge in [-0.2, -0.15) is 0 Å². The van der Waals surface area contributed by atoms with Crippen LogP contribution in [-0.2, 0) is 0 Å². The Kier molecular flexibility index (Phi) is 3.95. The van der Waals surface area contributed by atoms with Gasteiger partial charge in [0.25, 0.3) is 0 Å². The molecule has 0 aromatic heterocycles. The zero-order valence-electron chi connectivity index (χ0n) is 12.2. The summed E-state index contributed by atoms with van der Waals surface area (Å²) >= 11 is 0. The molecule has 3 fully saturated rings. The molecule has 2 bridgehead atoms. The summed E-state index contributed by atoms with van der Waals surface area (Å²) in [7, 11) is 0. The van der Waals surface area contributed by atoms with E-state index in [4.69, 9.17) is 0 Å². The molecule has 0 radical (unpaired) electrons. The molecule has 18 heavy (non-hydrogen) atoms. The fourth-order valence-corrected chi connectivity index (χ4v) is 4.56. The fourth-order valence-electron chi connectivity index (χ4n) is 4.56. The molecule has 1 saturated carbocycles. The molecule has 3 rings (SSSR count). The van der Waals surface area contributed by atoms with E-state index >= 15 is 0 Å². The van der Waals surface area contributed by atoms with Crippen LogP contribution in [0.5, 0.6) is 0 Å². The Bertz CT molecular complexity index is 260. The molecule has 0 amide bonds. The minimum absolute atomic E-state index is 0.812. The van der Waals surface area contributed by atoms with Gasteiger partial charge in [0, 0.05) is 24.2 Å². The normalized spacial score (nSPS) is 38.7. The number of hydrogen-bond acceptors (Lipinski definition) is 2. The van der Waals surface area contributed by atoms with Gasteiger partial charge in [-0.15, -0.1) is 0 Å². The third kappa shape index (κ3) is 2.34. The van der Waals surface area contributed by atoms with Gasteiger partial charge >= 0.3 is 0 Å². The minimum Gasteiger partial charge on any atom is -0.314 e. The summed E-state index contributed by atoms with van der Waals surface area (Å²) in [6.07, 6.45) is 11.5. The Balaban J connectivity index is 1.58. The highest BCUT2D eigenvalue weighted by molar-refractivity contribution is 5.01. The average Bonchev–Trinajstić information content (AvgIpc) is 2.56. The first-order chi connectivity index (χ1) is 8.79. The Morgan fingerprint density at radius 1 is 1.11 bits per heavy atom. The summed E-state index contributed by atoms with van der Waals surface area (Å²) in [5, 5.41) is 3.76. The number of nitrogens with one attached hydrogen (secondary N) is 1. The third-order valence-corrected chi connectivity index (χ3v) is 5.77. The zero-order chi connectivity index (χ0) is 12.5. The summed E-state index contributed by atoms with van der Waals surface area (Å²) in [5.74, 6) is 1.02. The number of nitrogens with zero attached hydrogens (tertiary/aromatic N) is 1. The van der Waals surface area contributed by atoms with Crippen molar-refractivity contribution < 1.29 is 0 Å². The Morgan fingerprint density at radius 2 is 1.78 bits per heavy atom. The van der Waals surface area contributed by atoms with Crippen LogP contribution < -0.4 is 5.32 Å². The van der Waals surface area contributed by atoms with Gasteiger partial charge in [0.15, 0.2) is 0 Å². The van der Waals surface area contributed by atoms with Gasteiger partial charge in [0.05, 0.1) is 0 Å². The number of piperidine rings is 1. The predicted octanol–water partition coefficient (Wildman–Crippen LogP) is 3.17. The molecule has 2 heterocycles. The molecule has 3 aliphatic rings. The molecule has 2 heteroatoms. The molecule has 2 aliphatic heterocycles. The second kappa shape index (κ2) is 5.50. The van der Waals surface area contributed by atoms with E-state index < -0.39 is 0 Å². The van der Waals surface area contributed by atoms with Crippen LogP contribution in [0.15, 0.2) is 0 Å². The predicted molar refractivity (Wildman–Crippen MR) is 76.8 cm³/mol. The molecule has 2 nitrogen and oxygen atoms in total. The maximum atomic E-state index is 3.76. The monoisotopic (exact) mass is 250 g/mol. The van der Waals surface area contributed by atoms with Crippen molar-refractivity contribution >= 4 is 0 Å². The summed E-state index contributed by atoms with van der Waals surface area (Å²) in [5.41, 5.74) is 0. The maximum Gasteiger partial charge on any atom is 0.0116 e. The lowest BCUT2D eigenvalue weighted by atomic mass is 9.78. The van der Waals surface area contributed by atoms with Gasteiger partial charge in [-0.25, -0.2) is 0 Å². The summed E-state index contributed by atoms with van der Waals surface area (Å²) < 4.78 is 0. The van der Waals surface area contributed by atoms with Gasteiger partial charge in [0.1, 0.15) is 0 Å². The maximum absolute atomic E-state index is 3.76. The fraction of sp³-hybridized carbons (Fsp3) is 1.00. The first-order valence-electron chi connectivity index (χ1n) is 8.30. The van der Waals surface area contributed by atoms with Crippen LogP contribution >= 0.6 is 0 Å². The van der Waals surface area contributed by atoms with Crippen LogP contribution in [0.3, 0.4) is 0 Å². The van der Waals surface area contributed by atoms with E-state index in [0.717, 1.165) is 30.1 Å². The second-order valence-electron chi connectivity index (χ2n) is 6.89. The van der Waals surface area contributed by atoms with Crippen molar-refractivity contribution in [2.75, 3.05) is 6.54 Å². The van der Waals surface area contributed by atoms with Gasteiger partial charge < -0.3 is 5.32 Å². The minimum atomic E-state index is 0.812. The van der Waals surface area contributed by atoms with Gasteiger partial charge in [-0.3, -0.25) is 4.90 Å². The smallest absolute Gasteiger partial charge is 0.0116 e. The number of rotatable bonds is 5. The van der Waals surface area contributed by atoms with Crippen LogP contribution in [0, 0.1) is 5.92 Å². The molecule has 0 spiro atoms. The molecular weight excluding hydrogens is 220 g/mol. The summed E-state index contributed by atoms with van der Waals surface area (Å²) in [6, 6.07) is 3.47. The van der Waals surface area contributed by atoms with Gasteiger partial charge in [0.2, 0.25) is 0 Å². The molecule has 2 saturated heterocycles. The lowest BCUT2D eigenvalue weighted by molar-refractivity contribution is 0.0278. The molecule has 3 unspecified atom stereocenters. The van der Waals surface area contributed by atoms with Crippen molar-refractivity contribution in [3.05, 3.63) is 0 Å². The molecule has 104 valence electrons. The van der Waals surface area contributed by atoms with Crippen LogP contribution in [-0.4, -0.2) is 35.6 Å². The average molecular weight is 250 g/mol. The van der Waals surface area contributed by atoms with Crippen LogP contribution in [0.4, 0.5) is 0 Å². The van der Waals surface area contributed by atoms with Crippen molar-refractivity contribution in [2.45, 2.75) is 89.4 Å². The van der Waals surface area contributed by atoms with Crippen molar-refractivity contribution in [1.82, 2.24) is 10.2 Å². The van der Waals surface area contributed by atoms with E-state index in [0.29, 0.717) is 0 Å². The van der Waals surface area contributed by atoms with E-state index in [1.54, 1.807) is 0 Å². The Hall–Kier alpha value is -0.0800. The molecule has 1 N–H and O–H groups in total. The largest absolute Gasteiger partial charge is 0.314 e. The van der Waals surface area contributed by atoms with Crippen molar-refractivity contribution in [3.8, 4) is 0 Å². The first kappa shape index (κ1) is 12.9. The Labute approximate surface area is 113 Å². The van der Waals surface area contributed by atoms with Crippen molar-refractivity contribution in [1.29, 1.82) is 0 Å². The highest BCUT2D eigenvalue weighted by Crippen LogP contribution is 2.42. The number of fused-ring (bicyclic) bond motifs is 2. The molecule has 0 aromatic carbocycles. The standard InChI is InChI=1S/C16H30N2/c1-3-9-17-14-10-15-7-8-16(11-14)18(15)12(2)13-5-4-6-13/h12-17H,3-11H2,1-2H3. The second-order valence-corrected chi connectivity index (χ2v) is 6.89. The topological polar surface area (TPSA) is 15.3 Å². The van der Waals surface area contributed by atoms with E-state index in [1.165, 1.54) is 57.9 Å². The van der Waals surface area contributed by atoms with Crippen molar-refractivity contribution in [2.24, 2.45) is 5.92 Å². The quantitative estimate of drug-likeness (QED) is 0.806. The van der Waals surface area contributed by atoms with Gasteiger partial charge in [-0.05, 0) is 64.3 Å². The van der Waals surface area contributed by atoms with E-state index in [-0.39, 0.29) is 0 Å². The van der Waals surface area contributed by atoms with Crippen LogP contribution in [0.25, 0.3) is 0 Å². The van der Waals surface area contributed by atoms with E-state index in [9.17, 15) is 0 Å². The molecule has 0 aromatic rings. The van der Waals surface area contributed by atoms with E-state index in [2.05, 4.69) is 24.1 Å². The van der Waals surface area contributed by atoms with Crippen molar-refractivity contribution in [3.63, 3.8) is 0 Å². The Morgan fingerprint density at radius 3 is 2.28 bits per heavy atom. The summed E-state index contributed by atoms with van der Waals surface area (Å²) in [6.45, 7) is 5.99. The number of hydrogen-bond donors (Lipinski definition) is 1. The highest BCUT2D eigenvalue weighted by Gasteiger charge is 2.44. The summed E-state index contributed by atoms with van der Waals surface area (Å²) in [4.78, 5) is 2.92. The zero-order valence-corrected chi connectivity index (χ0v) is 12.2. The van der Waals surface area contributed by atoms with Gasteiger partial charge in [-0.1, -0.05) is 13.3 Å². The van der Waals surface area contributed by atoms with E-state index in [1.807, 2.05) is 0 Å². The first-order valence-corrected chi connectivity index (χ1v) is 8.30. The molecular formula is C16H30N2. The molecule has 1 aliphatic carbocycles.